The maximum Gasteiger partial charge on any atom is 0.416 e. The zero-order chi connectivity index (χ0) is 23.7. The van der Waals surface area contributed by atoms with Crippen LogP contribution in [0.2, 0.25) is 0 Å². The van der Waals surface area contributed by atoms with E-state index < -0.39 is 22.4 Å². The summed E-state index contributed by atoms with van der Waals surface area (Å²) >= 11 is 0. The fourth-order valence-electron chi connectivity index (χ4n) is 2.67. The largest absolute Gasteiger partial charge is 0.508 e. The standard InChI is InChI=1S/C20H21F3N4O5/c21-20(22,23)14-5-6-16(17(12-14)27(31)32)24-10-7-18(29)25-8-2-9-26-19(30)13-3-1-4-15(28)11-13/h1,3-6,11-12,24,28H,2,7-10H2,(H,25,29)(H,26,30). The molecule has 0 heterocycles. The predicted octanol–water partition coefficient (Wildman–Crippen LogP) is 3.06. The number of anilines is 1. The van der Waals surface area contributed by atoms with Gasteiger partial charge in [-0.3, -0.25) is 19.7 Å². The maximum absolute atomic E-state index is 12.7. The third-order valence-electron chi connectivity index (χ3n) is 4.26. The van der Waals surface area contributed by atoms with Crippen molar-refractivity contribution < 1.29 is 32.8 Å². The van der Waals surface area contributed by atoms with Gasteiger partial charge in [0.05, 0.1) is 10.5 Å². The number of phenols is 1. The first-order chi connectivity index (χ1) is 15.1. The quantitative estimate of drug-likeness (QED) is 0.248. The van der Waals surface area contributed by atoms with Crippen molar-refractivity contribution >= 4 is 23.2 Å². The number of amides is 2. The van der Waals surface area contributed by atoms with Gasteiger partial charge in [0, 0.05) is 37.7 Å². The average molecular weight is 454 g/mol. The van der Waals surface area contributed by atoms with Gasteiger partial charge in [0.1, 0.15) is 11.4 Å². The van der Waals surface area contributed by atoms with E-state index in [1.54, 1.807) is 6.07 Å². The maximum atomic E-state index is 12.7. The Morgan fingerprint density at radius 2 is 1.75 bits per heavy atom. The fourth-order valence-corrected chi connectivity index (χ4v) is 2.67. The first-order valence-corrected chi connectivity index (χ1v) is 9.51. The Morgan fingerprint density at radius 1 is 1.03 bits per heavy atom. The molecule has 9 nitrogen and oxygen atoms in total. The zero-order valence-corrected chi connectivity index (χ0v) is 16.7. The van der Waals surface area contributed by atoms with Crippen LogP contribution in [0.1, 0.15) is 28.8 Å². The molecule has 0 aliphatic rings. The first kappa shape index (κ1) is 24.4. The molecule has 0 saturated heterocycles. The number of hydrogen-bond acceptors (Lipinski definition) is 6. The molecule has 0 spiro atoms. The summed E-state index contributed by atoms with van der Waals surface area (Å²) in [6, 6.07) is 7.96. The highest BCUT2D eigenvalue weighted by Gasteiger charge is 2.33. The van der Waals surface area contributed by atoms with Gasteiger partial charge >= 0.3 is 6.18 Å². The Labute approximate surface area is 180 Å². The molecule has 0 aliphatic carbocycles. The van der Waals surface area contributed by atoms with Crippen molar-refractivity contribution in [1.29, 1.82) is 0 Å². The molecule has 2 aromatic rings. The second kappa shape index (κ2) is 11.0. The van der Waals surface area contributed by atoms with Crippen LogP contribution in [0.4, 0.5) is 24.5 Å². The monoisotopic (exact) mass is 454 g/mol. The number of nitrogens with zero attached hydrogens (tertiary/aromatic N) is 1. The predicted molar refractivity (Wildman–Crippen MR) is 109 cm³/mol. The van der Waals surface area contributed by atoms with Crippen LogP contribution in [-0.4, -0.2) is 41.5 Å². The molecule has 0 atom stereocenters. The van der Waals surface area contributed by atoms with E-state index in [0.717, 1.165) is 12.1 Å². The minimum Gasteiger partial charge on any atom is -0.508 e. The molecule has 2 amide bonds. The zero-order valence-electron chi connectivity index (χ0n) is 16.7. The molecule has 0 aromatic heterocycles. The lowest BCUT2D eigenvalue weighted by atomic mass is 10.1. The third-order valence-corrected chi connectivity index (χ3v) is 4.26. The van der Waals surface area contributed by atoms with Gasteiger partial charge in [-0.05, 0) is 36.8 Å². The summed E-state index contributed by atoms with van der Waals surface area (Å²) in [6.07, 6.45) is -4.33. The molecule has 32 heavy (non-hydrogen) atoms. The van der Waals surface area contributed by atoms with E-state index in [0.29, 0.717) is 18.1 Å². The number of halogens is 3. The molecule has 12 heteroatoms. The summed E-state index contributed by atoms with van der Waals surface area (Å²) < 4.78 is 38.1. The fraction of sp³-hybridized carbons (Fsp3) is 0.300. The molecule has 4 N–H and O–H groups in total. The number of nitro groups is 1. The lowest BCUT2D eigenvalue weighted by Crippen LogP contribution is -2.30. The molecular weight excluding hydrogens is 433 g/mol. The molecular formula is C20H21F3N4O5. The van der Waals surface area contributed by atoms with Crippen molar-refractivity contribution in [1.82, 2.24) is 10.6 Å². The van der Waals surface area contributed by atoms with E-state index >= 15 is 0 Å². The number of carbonyl (C=O) groups is 2. The smallest absolute Gasteiger partial charge is 0.416 e. The van der Waals surface area contributed by atoms with Crippen molar-refractivity contribution in [3.05, 3.63) is 63.7 Å². The number of rotatable bonds is 10. The Kier molecular flexibility index (Phi) is 8.38. The van der Waals surface area contributed by atoms with Crippen LogP contribution in [0.25, 0.3) is 0 Å². The summed E-state index contributed by atoms with van der Waals surface area (Å²) in [4.78, 5) is 33.8. The average Bonchev–Trinajstić information content (AvgIpc) is 2.72. The molecule has 0 unspecified atom stereocenters. The van der Waals surface area contributed by atoms with Crippen LogP contribution in [0.15, 0.2) is 42.5 Å². The molecule has 2 aromatic carbocycles. The number of carbonyl (C=O) groups excluding carboxylic acids is 2. The number of benzene rings is 2. The summed E-state index contributed by atoms with van der Waals surface area (Å²) in [7, 11) is 0. The van der Waals surface area contributed by atoms with Gasteiger partial charge in [-0.1, -0.05) is 6.07 Å². The van der Waals surface area contributed by atoms with Crippen LogP contribution in [0.3, 0.4) is 0 Å². The summed E-state index contributed by atoms with van der Waals surface area (Å²) in [5.41, 5.74) is -1.69. The molecule has 172 valence electrons. The molecule has 0 bridgehead atoms. The van der Waals surface area contributed by atoms with E-state index in [9.17, 15) is 38.0 Å². The second-order valence-corrected chi connectivity index (χ2v) is 6.67. The minimum absolute atomic E-state index is 0.0216. The van der Waals surface area contributed by atoms with Crippen LogP contribution in [0, 0.1) is 10.1 Å². The van der Waals surface area contributed by atoms with E-state index in [1.165, 1.54) is 18.2 Å². The molecule has 0 radical (unpaired) electrons. The van der Waals surface area contributed by atoms with Crippen LogP contribution < -0.4 is 16.0 Å². The highest BCUT2D eigenvalue weighted by molar-refractivity contribution is 5.94. The van der Waals surface area contributed by atoms with Gasteiger partial charge in [-0.2, -0.15) is 13.2 Å². The third kappa shape index (κ3) is 7.45. The van der Waals surface area contributed by atoms with Crippen molar-refractivity contribution in [2.45, 2.75) is 19.0 Å². The second-order valence-electron chi connectivity index (χ2n) is 6.67. The van der Waals surface area contributed by atoms with Gasteiger partial charge in [0.25, 0.3) is 11.6 Å². The Balaban J connectivity index is 1.70. The number of hydrogen-bond donors (Lipinski definition) is 4. The van der Waals surface area contributed by atoms with Crippen LogP contribution in [0.5, 0.6) is 5.75 Å². The number of aromatic hydroxyl groups is 1. The van der Waals surface area contributed by atoms with Crippen molar-refractivity contribution in [3.8, 4) is 5.75 Å². The summed E-state index contributed by atoms with van der Waals surface area (Å²) in [5.74, 6) is -0.763. The highest BCUT2D eigenvalue weighted by Crippen LogP contribution is 2.34. The van der Waals surface area contributed by atoms with Gasteiger partial charge in [-0.15, -0.1) is 0 Å². The number of alkyl halides is 3. The molecule has 2 rings (SSSR count). The number of nitro benzene ring substituents is 1. The van der Waals surface area contributed by atoms with Gasteiger partial charge in [0.2, 0.25) is 5.91 Å². The van der Waals surface area contributed by atoms with Gasteiger partial charge in [-0.25, -0.2) is 0 Å². The van der Waals surface area contributed by atoms with Crippen LogP contribution >= 0.6 is 0 Å². The number of phenolic OH excluding ortho intramolecular Hbond substituents is 1. The first-order valence-electron chi connectivity index (χ1n) is 9.51. The molecule has 0 saturated carbocycles. The molecule has 0 fully saturated rings. The molecule has 0 aliphatic heterocycles. The van der Waals surface area contributed by atoms with Crippen molar-refractivity contribution in [2.75, 3.05) is 25.0 Å². The highest BCUT2D eigenvalue weighted by atomic mass is 19.4. The number of nitrogens with one attached hydrogen (secondary N) is 3. The van der Waals surface area contributed by atoms with E-state index in [2.05, 4.69) is 16.0 Å². The lowest BCUT2D eigenvalue weighted by molar-refractivity contribution is -0.384. The lowest BCUT2D eigenvalue weighted by Gasteiger charge is -2.11. The van der Waals surface area contributed by atoms with E-state index in [-0.39, 0.29) is 49.3 Å². The van der Waals surface area contributed by atoms with Gasteiger partial charge in [0.15, 0.2) is 0 Å². The summed E-state index contributed by atoms with van der Waals surface area (Å²) in [6.45, 7) is 0.524. The SMILES string of the molecule is O=C(CCNc1ccc(C(F)(F)F)cc1[N+](=O)[O-])NCCCNC(=O)c1cccc(O)c1. The van der Waals surface area contributed by atoms with Crippen molar-refractivity contribution in [2.24, 2.45) is 0 Å². The Hall–Kier alpha value is -3.83. The van der Waals surface area contributed by atoms with Crippen molar-refractivity contribution in [3.63, 3.8) is 0 Å². The summed E-state index contributed by atoms with van der Waals surface area (Å²) in [5, 5.41) is 28.2. The van der Waals surface area contributed by atoms with Crippen LogP contribution in [-0.2, 0) is 11.0 Å². The minimum atomic E-state index is -4.70. The van der Waals surface area contributed by atoms with Gasteiger partial charge < -0.3 is 21.1 Å². The topological polar surface area (TPSA) is 134 Å². The Morgan fingerprint density at radius 3 is 2.41 bits per heavy atom. The van der Waals surface area contributed by atoms with E-state index in [4.69, 9.17) is 0 Å². The van der Waals surface area contributed by atoms with E-state index in [1.807, 2.05) is 0 Å². The Bertz CT molecular complexity index is 982. The normalized spacial score (nSPS) is 11.0.